The quantitative estimate of drug-likeness (QED) is 0.401. The number of alkyl halides is 3. The van der Waals surface area contributed by atoms with E-state index < -0.39 is 47.3 Å². The van der Waals surface area contributed by atoms with E-state index in [1.54, 1.807) is 26.0 Å². The second-order valence-corrected chi connectivity index (χ2v) is 8.45. The Balaban J connectivity index is 1.76. The molecule has 0 radical (unpaired) electrons. The van der Waals surface area contributed by atoms with Gasteiger partial charge in [-0.05, 0) is 48.6 Å². The number of hydrogen-bond donors (Lipinski definition) is 1. The monoisotopic (exact) mass is 461 g/mol. The molecule has 2 heterocycles. The molecule has 1 unspecified atom stereocenters. The summed E-state index contributed by atoms with van der Waals surface area (Å²) < 4.78 is 61.8. The molecule has 4 rings (SSSR count). The van der Waals surface area contributed by atoms with Gasteiger partial charge in [-0.25, -0.2) is 4.39 Å². The van der Waals surface area contributed by atoms with Crippen LogP contribution in [0.25, 0.3) is 0 Å². The summed E-state index contributed by atoms with van der Waals surface area (Å²) in [5, 5.41) is 12.8. The molecule has 0 saturated heterocycles. The van der Waals surface area contributed by atoms with E-state index in [9.17, 15) is 22.6 Å². The zero-order valence-electron chi connectivity index (χ0n) is 15.6. The Morgan fingerprint density at radius 2 is 1.87 bits per heavy atom. The lowest BCUT2D eigenvalue weighted by molar-refractivity contribution is -0.275. The molecule has 2 aromatic carbocycles. The zero-order valence-corrected chi connectivity index (χ0v) is 17.2. The Morgan fingerprint density at radius 1 is 1.17 bits per heavy atom. The number of hydrogen-bond acceptors (Lipinski definition) is 4. The highest BCUT2D eigenvalue weighted by molar-refractivity contribution is 6.62. The second kappa shape index (κ2) is 6.85. The van der Waals surface area contributed by atoms with E-state index >= 15 is 0 Å². The van der Waals surface area contributed by atoms with E-state index in [4.69, 9.17) is 32.7 Å². The zero-order chi connectivity index (χ0) is 22.1. The van der Waals surface area contributed by atoms with Crippen LogP contribution in [0.1, 0.15) is 37.0 Å². The van der Waals surface area contributed by atoms with Gasteiger partial charge in [0.25, 0.3) is 5.60 Å². The van der Waals surface area contributed by atoms with Crippen LogP contribution in [0.3, 0.4) is 0 Å². The van der Waals surface area contributed by atoms with Crippen LogP contribution in [0.2, 0.25) is 10.0 Å². The number of rotatable bonds is 2. The van der Waals surface area contributed by atoms with Crippen LogP contribution in [0.4, 0.5) is 17.6 Å². The molecule has 11 heteroatoms. The summed E-state index contributed by atoms with van der Waals surface area (Å²) in [4.78, 5) is 4.91. The first kappa shape index (κ1) is 21.4. The van der Waals surface area contributed by atoms with Gasteiger partial charge in [-0.2, -0.15) is 13.2 Å². The van der Waals surface area contributed by atoms with Gasteiger partial charge in [0.15, 0.2) is 0 Å². The predicted octanol–water partition coefficient (Wildman–Crippen LogP) is 4.67. The van der Waals surface area contributed by atoms with Crippen molar-refractivity contribution < 1.29 is 32.1 Å². The van der Waals surface area contributed by atoms with Crippen LogP contribution in [-0.2, 0) is 20.7 Å². The summed E-state index contributed by atoms with van der Waals surface area (Å²) >= 11 is 11.4. The maximum Gasteiger partial charge on any atom is 0.492 e. The van der Waals surface area contributed by atoms with Gasteiger partial charge in [0.1, 0.15) is 5.82 Å². The van der Waals surface area contributed by atoms with Crippen molar-refractivity contribution in [3.05, 3.63) is 62.9 Å². The van der Waals surface area contributed by atoms with Gasteiger partial charge in [0, 0.05) is 12.0 Å². The van der Waals surface area contributed by atoms with Gasteiger partial charge in [-0.15, -0.1) is 0 Å². The second-order valence-electron chi connectivity index (χ2n) is 7.67. The van der Waals surface area contributed by atoms with Crippen molar-refractivity contribution in [3.8, 4) is 0 Å². The van der Waals surface area contributed by atoms with Gasteiger partial charge in [0.2, 0.25) is 0 Å². The molecule has 30 heavy (non-hydrogen) atoms. The van der Waals surface area contributed by atoms with E-state index in [0.29, 0.717) is 22.7 Å². The Labute approximate surface area is 179 Å². The van der Waals surface area contributed by atoms with E-state index in [1.165, 1.54) is 6.07 Å². The minimum atomic E-state index is -4.92. The van der Waals surface area contributed by atoms with Crippen LogP contribution >= 0.6 is 23.2 Å². The lowest BCUT2D eigenvalue weighted by Crippen LogP contribution is -2.42. The maximum atomic E-state index is 14.1. The number of fused-ring (bicyclic) bond motifs is 1. The number of nitrogens with zero attached hydrogens (tertiary/aromatic N) is 1. The van der Waals surface area contributed by atoms with Gasteiger partial charge in [-0.3, -0.25) is 0 Å². The standard InChI is InChI=1S/C19H14BCl2F4NO3/c1-17(2)11-5-9(3-4-12(11)20(28)29-17)15-8-18(30-27-15,19(24,25)26)10-6-13(21)16(22)14(23)7-10/h3-7,28H,8H2,1-2H3. The molecule has 0 aliphatic carbocycles. The fourth-order valence-corrected chi connectivity index (χ4v) is 4.04. The van der Waals surface area contributed by atoms with Crippen molar-refractivity contribution in [2.45, 2.75) is 37.6 Å². The highest BCUT2D eigenvalue weighted by atomic mass is 35.5. The molecular weight excluding hydrogens is 448 g/mol. The lowest BCUT2D eigenvalue weighted by atomic mass is 9.77. The summed E-state index contributed by atoms with van der Waals surface area (Å²) in [6.07, 6.45) is -5.62. The normalized spacial score (nSPS) is 22.7. The third kappa shape index (κ3) is 3.19. The molecule has 1 atom stereocenters. The van der Waals surface area contributed by atoms with Crippen LogP contribution in [-0.4, -0.2) is 24.0 Å². The number of halogens is 6. The minimum absolute atomic E-state index is 0.0128. The molecule has 0 fully saturated rings. The van der Waals surface area contributed by atoms with Gasteiger partial charge in [-0.1, -0.05) is 40.5 Å². The molecule has 2 aromatic rings. The minimum Gasteiger partial charge on any atom is -0.423 e. The number of oxime groups is 1. The van der Waals surface area contributed by atoms with Crippen LogP contribution in [0, 0.1) is 5.82 Å². The molecule has 0 saturated carbocycles. The SMILES string of the molecule is CC1(C)OB(O)c2ccc(C3=NOC(c4cc(F)c(Cl)c(Cl)c4)(C(F)(F)F)C3)cc21. The Morgan fingerprint density at radius 3 is 2.50 bits per heavy atom. The largest absolute Gasteiger partial charge is 0.492 e. The van der Waals surface area contributed by atoms with Gasteiger partial charge < -0.3 is 14.5 Å². The first-order chi connectivity index (χ1) is 13.9. The van der Waals surface area contributed by atoms with E-state index in [2.05, 4.69) is 5.16 Å². The molecule has 0 aromatic heterocycles. The smallest absolute Gasteiger partial charge is 0.423 e. The Kier molecular flexibility index (Phi) is 4.89. The van der Waals surface area contributed by atoms with E-state index in [0.717, 1.165) is 6.07 Å². The molecule has 0 amide bonds. The highest BCUT2D eigenvalue weighted by Crippen LogP contribution is 2.50. The summed E-state index contributed by atoms with van der Waals surface area (Å²) in [6.45, 7) is 3.47. The molecule has 2 aliphatic rings. The lowest BCUT2D eigenvalue weighted by Gasteiger charge is -2.29. The first-order valence-electron chi connectivity index (χ1n) is 8.83. The fraction of sp³-hybridized carbons (Fsp3) is 0.316. The predicted molar refractivity (Wildman–Crippen MR) is 105 cm³/mol. The Bertz CT molecular complexity index is 1050. The molecule has 2 aliphatic heterocycles. The van der Waals surface area contributed by atoms with Crippen molar-refractivity contribution in [1.29, 1.82) is 0 Å². The van der Waals surface area contributed by atoms with Crippen molar-refractivity contribution in [1.82, 2.24) is 0 Å². The molecular formula is C19H14BCl2F4NO3. The van der Waals surface area contributed by atoms with Crippen molar-refractivity contribution in [2.24, 2.45) is 5.16 Å². The third-order valence-electron chi connectivity index (χ3n) is 5.34. The van der Waals surface area contributed by atoms with E-state index in [1.807, 2.05) is 0 Å². The summed E-state index contributed by atoms with van der Waals surface area (Å²) in [7, 11) is -1.13. The van der Waals surface area contributed by atoms with Gasteiger partial charge >= 0.3 is 13.3 Å². The Hall–Kier alpha value is -1.81. The average Bonchev–Trinajstić information content (AvgIpc) is 3.20. The fourth-order valence-electron chi connectivity index (χ4n) is 3.73. The first-order valence-corrected chi connectivity index (χ1v) is 9.59. The maximum absolute atomic E-state index is 14.1. The summed E-state index contributed by atoms with van der Waals surface area (Å²) in [5.74, 6) is -1.09. The van der Waals surface area contributed by atoms with Crippen molar-refractivity contribution in [2.75, 3.05) is 0 Å². The number of benzene rings is 2. The molecule has 158 valence electrons. The highest BCUT2D eigenvalue weighted by Gasteiger charge is 2.62. The molecule has 0 spiro atoms. The van der Waals surface area contributed by atoms with Crippen molar-refractivity contribution >= 4 is 41.5 Å². The topological polar surface area (TPSA) is 51.0 Å². The molecule has 1 N–H and O–H groups in total. The average molecular weight is 462 g/mol. The van der Waals surface area contributed by atoms with Gasteiger partial charge in [0.05, 0.1) is 21.4 Å². The van der Waals surface area contributed by atoms with Crippen molar-refractivity contribution in [3.63, 3.8) is 0 Å². The molecule has 0 bridgehead atoms. The van der Waals surface area contributed by atoms with Crippen LogP contribution in [0.15, 0.2) is 35.5 Å². The molecule has 4 nitrogen and oxygen atoms in total. The summed E-state index contributed by atoms with van der Waals surface area (Å²) in [6, 6.07) is 6.27. The van der Waals surface area contributed by atoms with Crippen LogP contribution < -0.4 is 5.46 Å². The third-order valence-corrected chi connectivity index (χ3v) is 6.12. The summed E-state index contributed by atoms with van der Waals surface area (Å²) in [5.41, 5.74) is -2.76. The van der Waals surface area contributed by atoms with E-state index in [-0.39, 0.29) is 10.7 Å². The van der Waals surface area contributed by atoms with Crippen LogP contribution in [0.5, 0.6) is 0 Å².